The van der Waals surface area contributed by atoms with Gasteiger partial charge in [-0.2, -0.15) is 10.2 Å². The maximum atomic E-state index is 12.1. The SMILES string of the molecule is [N-]=[N+]=NS(=O)(=O)CCNC(=O)c1cc(/N=N/c2ccc(C(=O)O)cc2)ccc1O. The quantitative estimate of drug-likeness (QED) is 0.335. The first-order valence-corrected chi connectivity index (χ1v) is 9.48. The number of rotatable bonds is 8. The van der Waals surface area contributed by atoms with Crippen LogP contribution in [0, 0.1) is 0 Å². The molecule has 0 saturated carbocycles. The Labute approximate surface area is 164 Å². The van der Waals surface area contributed by atoms with Crippen molar-refractivity contribution in [1.29, 1.82) is 0 Å². The summed E-state index contributed by atoms with van der Waals surface area (Å²) in [6.07, 6.45) is 0. The summed E-state index contributed by atoms with van der Waals surface area (Å²) in [6.45, 7) is -0.332. The van der Waals surface area contributed by atoms with Gasteiger partial charge in [0.1, 0.15) is 5.75 Å². The number of nitrogens with one attached hydrogen (secondary N) is 1. The van der Waals surface area contributed by atoms with Gasteiger partial charge >= 0.3 is 5.97 Å². The lowest BCUT2D eigenvalue weighted by molar-refractivity contribution is 0.0696. The molecule has 0 aliphatic heterocycles. The number of nitrogens with zero attached hydrogens (tertiary/aromatic N) is 5. The molecular formula is C16H14N6O6S. The van der Waals surface area contributed by atoms with Gasteiger partial charge in [0.05, 0.1) is 28.3 Å². The number of aromatic carboxylic acids is 1. The average Bonchev–Trinajstić information content (AvgIpc) is 2.67. The number of aromatic hydroxyl groups is 1. The van der Waals surface area contributed by atoms with Crippen LogP contribution in [-0.4, -0.2) is 42.8 Å². The van der Waals surface area contributed by atoms with Crippen LogP contribution in [0.15, 0.2) is 57.2 Å². The number of carbonyl (C=O) groups is 2. The van der Waals surface area contributed by atoms with E-state index in [1.165, 1.54) is 42.5 Å². The van der Waals surface area contributed by atoms with Crippen LogP contribution in [0.4, 0.5) is 11.4 Å². The molecule has 0 aliphatic carbocycles. The fourth-order valence-electron chi connectivity index (χ4n) is 2.04. The summed E-state index contributed by atoms with van der Waals surface area (Å²) in [5.41, 5.74) is 8.66. The number of carboxylic acids is 1. The average molecular weight is 418 g/mol. The Morgan fingerprint density at radius 1 is 1.07 bits per heavy atom. The van der Waals surface area contributed by atoms with Crippen molar-refractivity contribution in [3.63, 3.8) is 0 Å². The van der Waals surface area contributed by atoms with Crippen LogP contribution in [0.3, 0.4) is 0 Å². The van der Waals surface area contributed by atoms with Crippen LogP contribution >= 0.6 is 0 Å². The molecule has 2 aromatic rings. The van der Waals surface area contributed by atoms with E-state index in [4.69, 9.17) is 10.6 Å². The molecule has 13 heteroatoms. The molecule has 0 radical (unpaired) electrons. The minimum absolute atomic E-state index is 0.0926. The van der Waals surface area contributed by atoms with Crippen molar-refractivity contribution < 1.29 is 28.2 Å². The largest absolute Gasteiger partial charge is 0.507 e. The standard InChI is InChI=1S/C16H14N6O6S/c17-21-22-29(27,28)8-7-18-15(24)13-9-12(5-6-14(13)23)20-19-11-3-1-10(2-4-11)16(25)26/h1-6,9,23H,7-8H2,(H,18,24)(H,25,26)/b20-19+. The second-order valence-corrected chi connectivity index (χ2v) is 7.20. The van der Waals surface area contributed by atoms with E-state index in [9.17, 15) is 23.1 Å². The number of benzene rings is 2. The van der Waals surface area contributed by atoms with E-state index in [-0.39, 0.29) is 29.1 Å². The van der Waals surface area contributed by atoms with Crippen LogP contribution < -0.4 is 5.32 Å². The second kappa shape index (κ2) is 9.30. The van der Waals surface area contributed by atoms with Gasteiger partial charge in [0.25, 0.3) is 5.91 Å². The van der Waals surface area contributed by atoms with E-state index >= 15 is 0 Å². The Bertz CT molecular complexity index is 1110. The molecule has 0 spiro atoms. The third kappa shape index (κ3) is 6.30. The van der Waals surface area contributed by atoms with Gasteiger partial charge in [0.15, 0.2) is 0 Å². The third-order valence-corrected chi connectivity index (χ3v) is 4.47. The minimum atomic E-state index is -4.01. The number of azide groups is 1. The number of carboxylic acid groups (broad SMARTS) is 1. The van der Waals surface area contributed by atoms with Crippen molar-refractivity contribution in [2.75, 3.05) is 12.3 Å². The first kappa shape index (κ1) is 21.3. The van der Waals surface area contributed by atoms with Gasteiger partial charge in [0.2, 0.25) is 10.0 Å². The topological polar surface area (TPSA) is 194 Å². The molecule has 0 aromatic heterocycles. The van der Waals surface area contributed by atoms with Crippen molar-refractivity contribution in [3.05, 3.63) is 64.0 Å². The molecule has 12 nitrogen and oxygen atoms in total. The van der Waals surface area contributed by atoms with Crippen LogP contribution in [0.5, 0.6) is 5.75 Å². The normalized spacial score (nSPS) is 11.0. The zero-order valence-corrected chi connectivity index (χ0v) is 15.4. The molecule has 1 amide bonds. The summed E-state index contributed by atoms with van der Waals surface area (Å²) in [5, 5.41) is 28.8. The highest BCUT2D eigenvalue weighted by Crippen LogP contribution is 2.25. The van der Waals surface area contributed by atoms with E-state index in [1.54, 1.807) is 0 Å². The van der Waals surface area contributed by atoms with Gasteiger partial charge in [-0.05, 0) is 48.0 Å². The Hall–Kier alpha value is -3.96. The lowest BCUT2D eigenvalue weighted by Crippen LogP contribution is -2.28. The predicted octanol–water partition coefficient (Wildman–Crippen LogP) is 2.88. The number of azo groups is 1. The highest BCUT2D eigenvalue weighted by Gasteiger charge is 2.14. The van der Waals surface area contributed by atoms with Gasteiger partial charge in [-0.1, -0.05) is 0 Å². The van der Waals surface area contributed by atoms with Crippen LogP contribution in [0.2, 0.25) is 0 Å². The summed E-state index contributed by atoms with van der Waals surface area (Å²) in [7, 11) is -4.01. The van der Waals surface area contributed by atoms with Crippen molar-refractivity contribution >= 4 is 33.3 Å². The Kier molecular flexibility index (Phi) is 6.85. The Morgan fingerprint density at radius 2 is 1.69 bits per heavy atom. The van der Waals surface area contributed by atoms with Gasteiger partial charge in [0, 0.05) is 16.0 Å². The highest BCUT2D eigenvalue weighted by atomic mass is 32.2. The van der Waals surface area contributed by atoms with E-state index in [0.29, 0.717) is 5.69 Å². The number of phenolic OH excluding ortho intramolecular Hbond substituents is 1. The Morgan fingerprint density at radius 3 is 2.31 bits per heavy atom. The lowest BCUT2D eigenvalue weighted by Gasteiger charge is -2.06. The zero-order chi connectivity index (χ0) is 21.4. The Balaban J connectivity index is 2.09. The van der Waals surface area contributed by atoms with Crippen LogP contribution in [0.1, 0.15) is 20.7 Å². The molecule has 0 atom stereocenters. The van der Waals surface area contributed by atoms with E-state index in [0.717, 1.165) is 0 Å². The van der Waals surface area contributed by atoms with Crippen molar-refractivity contribution in [2.24, 2.45) is 14.7 Å². The molecule has 29 heavy (non-hydrogen) atoms. The molecule has 0 unspecified atom stereocenters. The van der Waals surface area contributed by atoms with E-state index < -0.39 is 27.7 Å². The molecular weight excluding hydrogens is 404 g/mol. The third-order valence-electron chi connectivity index (χ3n) is 3.43. The molecule has 150 valence electrons. The van der Waals surface area contributed by atoms with E-state index in [2.05, 4.69) is 25.0 Å². The number of phenols is 1. The predicted molar refractivity (Wildman–Crippen MR) is 101 cm³/mol. The number of carbonyl (C=O) groups excluding carboxylic acids is 1. The molecule has 0 fully saturated rings. The molecule has 0 saturated heterocycles. The molecule has 3 N–H and O–H groups in total. The summed E-state index contributed by atoms with van der Waals surface area (Å²) in [4.78, 5) is 25.1. The smallest absolute Gasteiger partial charge is 0.335 e. The number of hydrogen-bond donors (Lipinski definition) is 3. The monoisotopic (exact) mass is 418 g/mol. The highest BCUT2D eigenvalue weighted by molar-refractivity contribution is 7.90. The van der Waals surface area contributed by atoms with Gasteiger partial charge in [-0.25, -0.2) is 13.2 Å². The van der Waals surface area contributed by atoms with Gasteiger partial charge < -0.3 is 15.5 Å². The summed E-state index contributed by atoms with van der Waals surface area (Å²) in [5.74, 6) is -2.79. The molecule has 0 aliphatic rings. The van der Waals surface area contributed by atoms with Crippen LogP contribution in [-0.2, 0) is 10.0 Å². The number of amides is 1. The van der Waals surface area contributed by atoms with Crippen LogP contribution in [0.25, 0.3) is 10.4 Å². The van der Waals surface area contributed by atoms with Crippen molar-refractivity contribution in [2.45, 2.75) is 0 Å². The molecule has 2 aromatic carbocycles. The van der Waals surface area contributed by atoms with Crippen molar-refractivity contribution in [3.8, 4) is 5.75 Å². The molecule has 0 bridgehead atoms. The summed E-state index contributed by atoms with van der Waals surface area (Å²) >= 11 is 0. The second-order valence-electron chi connectivity index (χ2n) is 5.47. The molecule has 0 heterocycles. The van der Waals surface area contributed by atoms with Gasteiger partial charge in [-0.15, -0.1) is 0 Å². The first-order chi connectivity index (χ1) is 13.7. The van der Waals surface area contributed by atoms with Gasteiger partial charge in [-0.3, -0.25) is 4.79 Å². The number of hydrogen-bond acceptors (Lipinski definition) is 7. The minimum Gasteiger partial charge on any atom is -0.507 e. The first-order valence-electron chi connectivity index (χ1n) is 7.87. The fourth-order valence-corrected chi connectivity index (χ4v) is 2.59. The van der Waals surface area contributed by atoms with E-state index in [1.807, 2.05) is 0 Å². The maximum Gasteiger partial charge on any atom is 0.335 e. The van der Waals surface area contributed by atoms with Crippen molar-refractivity contribution in [1.82, 2.24) is 5.32 Å². The number of sulfonamides is 1. The fraction of sp³-hybridized carbons (Fsp3) is 0.125. The zero-order valence-electron chi connectivity index (χ0n) is 14.6. The lowest BCUT2D eigenvalue weighted by atomic mass is 10.1. The summed E-state index contributed by atoms with van der Waals surface area (Å²) in [6, 6.07) is 9.46. The maximum absolute atomic E-state index is 12.1. The summed E-state index contributed by atoms with van der Waals surface area (Å²) < 4.78 is 25.2. The molecule has 2 rings (SSSR count).